The third kappa shape index (κ3) is 3.61. The molecule has 0 atom stereocenters. The van der Waals surface area contributed by atoms with E-state index in [4.69, 9.17) is 10.5 Å². The van der Waals surface area contributed by atoms with Gasteiger partial charge in [0.05, 0.1) is 5.69 Å². The van der Waals surface area contributed by atoms with E-state index in [1.54, 1.807) is 0 Å². The molecule has 0 saturated carbocycles. The number of anilines is 1. The first kappa shape index (κ1) is 15.5. The van der Waals surface area contributed by atoms with Gasteiger partial charge < -0.3 is 10.5 Å². The van der Waals surface area contributed by atoms with E-state index >= 15 is 0 Å². The predicted molar refractivity (Wildman–Crippen MR) is 86.6 cm³/mol. The lowest BCUT2D eigenvalue weighted by Gasteiger charge is -2.18. The monoisotopic (exact) mass is 304 g/mol. The molecule has 0 fully saturated rings. The van der Waals surface area contributed by atoms with Crippen molar-refractivity contribution in [2.75, 3.05) is 5.73 Å². The molecule has 1 aromatic heterocycles. The van der Waals surface area contributed by atoms with Crippen molar-refractivity contribution in [2.45, 2.75) is 40.2 Å². The molecule has 2 rings (SSSR count). The maximum Gasteiger partial charge on any atom is 0.352 e. The van der Waals surface area contributed by atoms with Crippen LogP contribution in [0.2, 0.25) is 0 Å². The Hall–Kier alpha value is -1.88. The van der Waals surface area contributed by atoms with Crippen molar-refractivity contribution in [2.24, 2.45) is 0 Å². The molecule has 0 bridgehead atoms. The van der Waals surface area contributed by atoms with Crippen molar-refractivity contribution in [3.8, 4) is 11.3 Å². The fourth-order valence-electron chi connectivity index (χ4n) is 2.09. The van der Waals surface area contributed by atoms with Crippen LogP contribution >= 0.6 is 11.5 Å². The topological polar surface area (TPSA) is 65.2 Å². The molecule has 112 valence electrons. The maximum absolute atomic E-state index is 12.1. The normalized spacial score (nSPS) is 11.5. The summed E-state index contributed by atoms with van der Waals surface area (Å²) in [4.78, 5) is 12.5. The van der Waals surface area contributed by atoms with Crippen LogP contribution in [0.25, 0.3) is 11.3 Å². The third-order valence-corrected chi connectivity index (χ3v) is 3.65. The molecular weight excluding hydrogens is 284 g/mol. The quantitative estimate of drug-likeness (QED) is 0.853. The van der Waals surface area contributed by atoms with E-state index < -0.39 is 11.6 Å². The highest BCUT2D eigenvalue weighted by Gasteiger charge is 2.24. The Morgan fingerprint density at radius 1 is 1.19 bits per heavy atom. The maximum atomic E-state index is 12.1. The van der Waals surface area contributed by atoms with Gasteiger partial charge in [0.1, 0.15) is 11.3 Å². The Labute approximate surface area is 129 Å². The van der Waals surface area contributed by atoms with Crippen molar-refractivity contribution in [3.63, 3.8) is 0 Å². The van der Waals surface area contributed by atoms with Gasteiger partial charge in [0.2, 0.25) is 0 Å². The minimum absolute atomic E-state index is 0.360. The zero-order valence-electron chi connectivity index (χ0n) is 13.0. The number of nitrogens with two attached hydrogens (primary N) is 1. The van der Waals surface area contributed by atoms with Gasteiger partial charge in [-0.1, -0.05) is 17.2 Å². The van der Waals surface area contributed by atoms with Crippen LogP contribution in [0.3, 0.4) is 0 Å². The number of carbonyl (C=O) groups excluding carboxylic acids is 1. The van der Waals surface area contributed by atoms with Gasteiger partial charge in [-0.05, 0) is 58.3 Å². The molecule has 4 nitrogen and oxygen atoms in total. The van der Waals surface area contributed by atoms with Crippen LogP contribution in [-0.2, 0) is 4.74 Å². The number of ether oxygens (including phenoxy) is 1. The van der Waals surface area contributed by atoms with Crippen LogP contribution in [0.4, 0.5) is 5.69 Å². The molecule has 0 aliphatic heterocycles. The summed E-state index contributed by atoms with van der Waals surface area (Å²) in [5.74, 6) is -0.423. The number of aromatic nitrogens is 1. The second-order valence-electron chi connectivity index (χ2n) is 6.15. The number of esters is 1. The van der Waals surface area contributed by atoms with E-state index in [2.05, 4.69) is 10.4 Å². The molecule has 1 heterocycles. The molecule has 21 heavy (non-hydrogen) atoms. The smallest absolute Gasteiger partial charge is 0.352 e. The summed E-state index contributed by atoms with van der Waals surface area (Å²) >= 11 is 1.08. The molecule has 0 aliphatic carbocycles. The van der Waals surface area contributed by atoms with Gasteiger partial charge >= 0.3 is 5.97 Å². The van der Waals surface area contributed by atoms with Gasteiger partial charge in [-0.25, -0.2) is 4.79 Å². The summed E-state index contributed by atoms with van der Waals surface area (Å²) in [5.41, 5.74) is 9.79. The molecule has 0 radical (unpaired) electrons. The van der Waals surface area contributed by atoms with E-state index in [0.29, 0.717) is 16.3 Å². The summed E-state index contributed by atoms with van der Waals surface area (Å²) in [6.07, 6.45) is 0. The number of aryl methyl sites for hydroxylation is 2. The second-order valence-corrected chi connectivity index (χ2v) is 6.93. The van der Waals surface area contributed by atoms with Gasteiger partial charge in [-0.15, -0.1) is 0 Å². The third-order valence-electron chi connectivity index (χ3n) is 2.81. The minimum atomic E-state index is -0.548. The van der Waals surface area contributed by atoms with E-state index in [1.165, 1.54) is 0 Å². The Morgan fingerprint density at radius 2 is 1.76 bits per heavy atom. The molecule has 2 aromatic rings. The summed E-state index contributed by atoms with van der Waals surface area (Å²) in [6, 6.07) is 6.11. The number of hydrogen-bond acceptors (Lipinski definition) is 5. The van der Waals surface area contributed by atoms with Gasteiger partial charge in [-0.3, -0.25) is 0 Å². The number of rotatable bonds is 2. The van der Waals surface area contributed by atoms with Crippen LogP contribution in [0, 0.1) is 13.8 Å². The molecule has 0 amide bonds. The summed E-state index contributed by atoms with van der Waals surface area (Å²) in [7, 11) is 0. The summed E-state index contributed by atoms with van der Waals surface area (Å²) in [5, 5.41) is 0. The van der Waals surface area contributed by atoms with E-state index in [-0.39, 0.29) is 0 Å². The lowest BCUT2D eigenvalue weighted by Crippen LogP contribution is -2.23. The number of benzene rings is 1. The first-order valence-electron chi connectivity index (χ1n) is 6.74. The molecule has 0 unspecified atom stereocenters. The van der Waals surface area contributed by atoms with E-state index in [0.717, 1.165) is 28.2 Å². The Kier molecular flexibility index (Phi) is 4.05. The molecule has 1 aromatic carbocycles. The van der Waals surface area contributed by atoms with E-state index in [9.17, 15) is 4.79 Å². The van der Waals surface area contributed by atoms with Gasteiger partial charge in [0.25, 0.3) is 0 Å². The van der Waals surface area contributed by atoms with Crippen LogP contribution < -0.4 is 5.73 Å². The SMILES string of the molecule is Cc1cc(C)cc(-c2nsc(C(=O)OC(C)(C)C)c2N)c1. The molecule has 5 heteroatoms. The summed E-state index contributed by atoms with van der Waals surface area (Å²) in [6.45, 7) is 9.52. The largest absolute Gasteiger partial charge is 0.456 e. The highest BCUT2D eigenvalue weighted by molar-refractivity contribution is 7.09. The van der Waals surface area contributed by atoms with Gasteiger partial charge in [0, 0.05) is 5.56 Å². The second kappa shape index (κ2) is 5.48. The standard InChI is InChI=1S/C16H20N2O2S/c1-9-6-10(2)8-11(7-9)13-12(17)14(21-18-13)15(19)20-16(3,4)5/h6-8H,17H2,1-5H3. The highest BCUT2D eigenvalue weighted by atomic mass is 32.1. The number of carbonyl (C=O) groups is 1. The zero-order chi connectivity index (χ0) is 15.8. The average molecular weight is 304 g/mol. The van der Waals surface area contributed by atoms with Crippen molar-refractivity contribution in [1.29, 1.82) is 0 Å². The Bertz CT molecular complexity index is 664. The van der Waals surface area contributed by atoms with Crippen LogP contribution in [0.5, 0.6) is 0 Å². The van der Waals surface area contributed by atoms with Gasteiger partial charge in [0.15, 0.2) is 4.88 Å². The van der Waals surface area contributed by atoms with Crippen molar-refractivity contribution >= 4 is 23.2 Å². The van der Waals surface area contributed by atoms with Crippen LogP contribution in [-0.4, -0.2) is 15.9 Å². The lowest BCUT2D eigenvalue weighted by atomic mass is 10.0. The molecule has 0 aliphatic rings. The van der Waals surface area contributed by atoms with Crippen molar-refractivity contribution < 1.29 is 9.53 Å². The highest BCUT2D eigenvalue weighted by Crippen LogP contribution is 2.33. The van der Waals surface area contributed by atoms with Crippen molar-refractivity contribution in [1.82, 2.24) is 4.37 Å². The average Bonchev–Trinajstić information content (AvgIpc) is 2.67. The molecule has 2 N–H and O–H groups in total. The molecular formula is C16H20N2O2S. The number of hydrogen-bond donors (Lipinski definition) is 1. The van der Waals surface area contributed by atoms with Crippen molar-refractivity contribution in [3.05, 3.63) is 34.2 Å². The summed E-state index contributed by atoms with van der Waals surface area (Å²) < 4.78 is 9.69. The zero-order valence-corrected chi connectivity index (χ0v) is 13.8. The lowest BCUT2D eigenvalue weighted by molar-refractivity contribution is 0.00764. The predicted octanol–water partition coefficient (Wildman–Crippen LogP) is 3.96. The first-order valence-corrected chi connectivity index (χ1v) is 7.52. The Balaban J connectivity index is 2.39. The molecule has 0 spiro atoms. The van der Waals surface area contributed by atoms with Crippen LogP contribution in [0.1, 0.15) is 41.6 Å². The van der Waals surface area contributed by atoms with Gasteiger partial charge in [-0.2, -0.15) is 4.37 Å². The molecule has 0 saturated heterocycles. The minimum Gasteiger partial charge on any atom is -0.456 e. The Morgan fingerprint density at radius 3 is 2.29 bits per heavy atom. The van der Waals surface area contributed by atoms with E-state index in [1.807, 2.05) is 46.8 Å². The first-order chi connectivity index (χ1) is 9.67. The fourth-order valence-corrected chi connectivity index (χ4v) is 2.79. The number of nitrogen functional groups attached to an aromatic ring is 1. The number of nitrogens with zero attached hydrogens (tertiary/aromatic N) is 1. The fraction of sp³-hybridized carbons (Fsp3) is 0.375. The van der Waals surface area contributed by atoms with Crippen LogP contribution in [0.15, 0.2) is 18.2 Å².